The molecule has 0 aromatic heterocycles. The summed E-state index contributed by atoms with van der Waals surface area (Å²) < 4.78 is 5.35. The number of ether oxygens (including phenoxy) is 1. The maximum atomic E-state index is 11.6. The van der Waals surface area contributed by atoms with Crippen LogP contribution in [0.2, 0.25) is 0 Å². The highest BCUT2D eigenvalue weighted by Gasteiger charge is 2.30. The average molecular weight is 366 g/mol. The van der Waals surface area contributed by atoms with Crippen LogP contribution in [0, 0.1) is 5.92 Å². The van der Waals surface area contributed by atoms with Crippen molar-refractivity contribution in [3.63, 3.8) is 0 Å². The zero-order chi connectivity index (χ0) is 18.8. The van der Waals surface area contributed by atoms with Gasteiger partial charge in [-0.05, 0) is 83.9 Å². The third-order valence-electron chi connectivity index (χ3n) is 4.85. The molecule has 0 aliphatic heterocycles. The van der Waals surface area contributed by atoms with Gasteiger partial charge in [0, 0.05) is 4.90 Å². The minimum absolute atomic E-state index is 0.578. The summed E-state index contributed by atoms with van der Waals surface area (Å²) in [5.74, 6) is -0.665. The van der Waals surface area contributed by atoms with E-state index in [0.717, 1.165) is 39.2 Å². The van der Waals surface area contributed by atoms with Crippen LogP contribution >= 0.6 is 11.8 Å². The molecule has 0 bridgehead atoms. The smallest absolute Gasteiger partial charge is 0.310 e. The molecule has 0 fully saturated rings. The van der Waals surface area contributed by atoms with Gasteiger partial charge in [-0.2, -0.15) is 0 Å². The molecule has 0 radical (unpaired) electrons. The zero-order valence-electron chi connectivity index (χ0n) is 15.4. The molecule has 2 aromatic rings. The molecule has 1 unspecified atom stereocenters. The summed E-state index contributed by atoms with van der Waals surface area (Å²) in [6, 6.07) is 14.3. The Labute approximate surface area is 158 Å². The van der Waals surface area contributed by atoms with Gasteiger partial charge in [0.25, 0.3) is 0 Å². The van der Waals surface area contributed by atoms with Crippen LogP contribution in [-0.2, 0) is 4.79 Å². The molecule has 3 nitrogen and oxygen atoms in total. The quantitative estimate of drug-likeness (QED) is 0.713. The standard InChI is InChI=1S/C22H22O3S/c1-13-19(11-15-5-8-17(26-4)9-6-15)18-10-7-16(25-3)12-20(18)21(13)14(2)22(23)24/h5-12,14H,1-4H3,(H,23,24). The van der Waals surface area contributed by atoms with Gasteiger partial charge in [-0.3, -0.25) is 4.79 Å². The van der Waals surface area contributed by atoms with Crippen molar-refractivity contribution in [2.45, 2.75) is 18.7 Å². The predicted molar refractivity (Wildman–Crippen MR) is 108 cm³/mol. The number of carboxylic acids is 1. The highest BCUT2D eigenvalue weighted by molar-refractivity contribution is 7.98. The SMILES string of the molecule is COc1ccc2c(c1)C(C(C)C(=O)O)=C(C)C2=Cc1ccc(SC)cc1. The fraction of sp³-hybridized carbons (Fsp3) is 0.227. The Hall–Kier alpha value is -2.46. The molecule has 3 rings (SSSR count). The van der Waals surface area contributed by atoms with Gasteiger partial charge in [0.15, 0.2) is 0 Å². The normalized spacial score (nSPS) is 15.9. The maximum absolute atomic E-state index is 11.6. The average Bonchev–Trinajstić information content (AvgIpc) is 2.92. The monoisotopic (exact) mass is 366 g/mol. The lowest BCUT2D eigenvalue weighted by atomic mass is 9.93. The highest BCUT2D eigenvalue weighted by Crippen LogP contribution is 2.46. The van der Waals surface area contributed by atoms with Gasteiger partial charge in [-0.1, -0.05) is 18.2 Å². The number of fused-ring (bicyclic) bond motifs is 1. The number of carbonyl (C=O) groups is 1. The van der Waals surface area contributed by atoms with Gasteiger partial charge in [0.1, 0.15) is 5.75 Å². The van der Waals surface area contributed by atoms with Gasteiger partial charge >= 0.3 is 5.97 Å². The van der Waals surface area contributed by atoms with Crippen molar-refractivity contribution in [3.8, 4) is 5.75 Å². The van der Waals surface area contributed by atoms with Crippen LogP contribution in [-0.4, -0.2) is 24.4 Å². The largest absolute Gasteiger partial charge is 0.497 e. The van der Waals surface area contributed by atoms with Crippen LogP contribution in [0.1, 0.15) is 30.5 Å². The van der Waals surface area contributed by atoms with Crippen LogP contribution in [0.4, 0.5) is 0 Å². The van der Waals surface area contributed by atoms with E-state index < -0.39 is 11.9 Å². The van der Waals surface area contributed by atoms with Crippen molar-refractivity contribution in [1.29, 1.82) is 0 Å². The molecule has 1 atom stereocenters. The summed E-state index contributed by atoms with van der Waals surface area (Å²) >= 11 is 1.71. The summed E-state index contributed by atoms with van der Waals surface area (Å²) in [4.78, 5) is 12.9. The minimum atomic E-state index is -0.821. The van der Waals surface area contributed by atoms with Gasteiger partial charge in [-0.25, -0.2) is 0 Å². The molecule has 2 aromatic carbocycles. The lowest BCUT2D eigenvalue weighted by Crippen LogP contribution is -2.11. The van der Waals surface area contributed by atoms with E-state index in [9.17, 15) is 9.90 Å². The molecule has 4 heteroatoms. The molecule has 1 aliphatic carbocycles. The number of aliphatic carboxylic acids is 1. The number of rotatable bonds is 5. The first kappa shape index (κ1) is 18.3. The minimum Gasteiger partial charge on any atom is -0.497 e. The van der Waals surface area contributed by atoms with E-state index in [1.54, 1.807) is 25.8 Å². The van der Waals surface area contributed by atoms with Gasteiger partial charge in [-0.15, -0.1) is 11.8 Å². The second-order valence-electron chi connectivity index (χ2n) is 6.34. The molecule has 0 spiro atoms. The predicted octanol–water partition coefficient (Wildman–Crippen LogP) is 5.47. The Balaban J connectivity index is 2.16. The molecule has 0 heterocycles. The van der Waals surface area contributed by atoms with Crippen LogP contribution in [0.15, 0.2) is 52.9 Å². The van der Waals surface area contributed by atoms with Crippen molar-refractivity contribution in [2.24, 2.45) is 5.92 Å². The Kier molecular flexibility index (Phi) is 5.23. The summed E-state index contributed by atoms with van der Waals surface area (Å²) in [5.41, 5.74) is 6.05. The van der Waals surface area contributed by atoms with E-state index in [4.69, 9.17) is 4.74 Å². The lowest BCUT2D eigenvalue weighted by molar-refractivity contribution is -0.139. The third kappa shape index (κ3) is 3.29. The Morgan fingerprint density at radius 1 is 1.15 bits per heavy atom. The first-order valence-corrected chi connectivity index (χ1v) is 9.67. The molecule has 0 saturated carbocycles. The number of allylic oxidation sites excluding steroid dienone is 2. The van der Waals surface area contributed by atoms with Crippen LogP contribution < -0.4 is 4.74 Å². The van der Waals surface area contributed by atoms with E-state index in [2.05, 4.69) is 36.6 Å². The number of benzene rings is 2. The number of thioether (sulfide) groups is 1. The Morgan fingerprint density at radius 3 is 2.42 bits per heavy atom. The molecule has 1 aliphatic rings. The number of carboxylic acid groups (broad SMARTS) is 1. The third-order valence-corrected chi connectivity index (χ3v) is 5.59. The summed E-state index contributed by atoms with van der Waals surface area (Å²) in [7, 11) is 1.62. The van der Waals surface area contributed by atoms with Crippen molar-refractivity contribution in [3.05, 3.63) is 64.7 Å². The van der Waals surface area contributed by atoms with E-state index in [1.165, 1.54) is 4.90 Å². The summed E-state index contributed by atoms with van der Waals surface area (Å²) in [6.07, 6.45) is 4.19. The van der Waals surface area contributed by atoms with Crippen LogP contribution in [0.25, 0.3) is 17.2 Å². The molecular weight excluding hydrogens is 344 g/mol. The van der Waals surface area contributed by atoms with E-state index in [1.807, 2.05) is 25.1 Å². The number of methoxy groups -OCH3 is 1. The number of hydrogen-bond acceptors (Lipinski definition) is 3. The first-order valence-electron chi connectivity index (χ1n) is 8.44. The summed E-state index contributed by atoms with van der Waals surface area (Å²) in [5, 5.41) is 9.56. The Morgan fingerprint density at radius 2 is 1.85 bits per heavy atom. The molecule has 26 heavy (non-hydrogen) atoms. The van der Waals surface area contributed by atoms with Crippen LogP contribution in [0.3, 0.4) is 0 Å². The van der Waals surface area contributed by atoms with Gasteiger partial charge in [0.05, 0.1) is 13.0 Å². The fourth-order valence-corrected chi connectivity index (χ4v) is 3.80. The Bertz CT molecular complexity index is 907. The van der Waals surface area contributed by atoms with Crippen LogP contribution in [0.5, 0.6) is 5.75 Å². The van der Waals surface area contributed by atoms with Crippen molar-refractivity contribution < 1.29 is 14.6 Å². The van der Waals surface area contributed by atoms with Gasteiger partial charge < -0.3 is 9.84 Å². The zero-order valence-corrected chi connectivity index (χ0v) is 16.2. The van der Waals surface area contributed by atoms with Crippen molar-refractivity contribution in [2.75, 3.05) is 13.4 Å². The molecule has 1 N–H and O–H groups in total. The molecule has 0 amide bonds. The van der Waals surface area contributed by atoms with E-state index in [0.29, 0.717) is 0 Å². The van der Waals surface area contributed by atoms with Crippen molar-refractivity contribution >= 4 is 35.0 Å². The molecular formula is C22H22O3S. The molecule has 0 saturated heterocycles. The first-order chi connectivity index (χ1) is 12.5. The van der Waals surface area contributed by atoms with E-state index in [-0.39, 0.29) is 0 Å². The fourth-order valence-electron chi connectivity index (χ4n) is 3.39. The second-order valence-corrected chi connectivity index (χ2v) is 7.22. The highest BCUT2D eigenvalue weighted by atomic mass is 32.2. The van der Waals surface area contributed by atoms with E-state index >= 15 is 0 Å². The topological polar surface area (TPSA) is 46.5 Å². The number of hydrogen-bond donors (Lipinski definition) is 1. The second kappa shape index (κ2) is 7.42. The van der Waals surface area contributed by atoms with Crippen molar-refractivity contribution in [1.82, 2.24) is 0 Å². The molecule has 134 valence electrons. The maximum Gasteiger partial charge on any atom is 0.310 e. The lowest BCUT2D eigenvalue weighted by Gasteiger charge is -2.12. The van der Waals surface area contributed by atoms with Gasteiger partial charge in [0.2, 0.25) is 0 Å². The summed E-state index contributed by atoms with van der Waals surface area (Å²) in [6.45, 7) is 3.74.